The third-order valence-corrected chi connectivity index (χ3v) is 12.4. The van der Waals surface area contributed by atoms with Crippen molar-refractivity contribution in [3.63, 3.8) is 0 Å². The molecule has 1 N–H and O–H groups in total. The van der Waals surface area contributed by atoms with Gasteiger partial charge >= 0.3 is 0 Å². The maximum Gasteiger partial charge on any atom is 0.164 e. The Hall–Kier alpha value is -3.18. The van der Waals surface area contributed by atoms with E-state index in [1.807, 2.05) is 65.1 Å². The van der Waals surface area contributed by atoms with Gasteiger partial charge in [-0.05, 0) is 83.0 Å². The standard InChI is InChI=1S/C29H25N2S.C15H28O2.Ir/c1-17(2)14-18-12-13-23-19(15-18)16-30-28(31-23)21-9-7-10-22-25(21)27-26(29(22,3)4)20-8-5-6-11-24(20)32-27;1-7-14(5,8-2)12(16)11-13(17)15(6,9-3)10-4;/h5-8,10-13,15-17H,14H2,1-4H3;11,16H,7-10H2,1-6H3;/q-1;;/b;12-11-;. The van der Waals surface area contributed by atoms with E-state index in [-0.39, 0.29) is 47.9 Å². The molecule has 0 saturated carbocycles. The van der Waals surface area contributed by atoms with Gasteiger partial charge in [-0.3, -0.25) is 14.8 Å². The predicted molar refractivity (Wildman–Crippen MR) is 208 cm³/mol. The summed E-state index contributed by atoms with van der Waals surface area (Å²) in [7, 11) is 0. The number of hydrogen-bond donors (Lipinski definition) is 1. The summed E-state index contributed by atoms with van der Waals surface area (Å²) >= 11 is 1.88. The summed E-state index contributed by atoms with van der Waals surface area (Å²) in [4.78, 5) is 23.3. The summed E-state index contributed by atoms with van der Waals surface area (Å²) in [5.74, 6) is 1.67. The molecule has 6 rings (SSSR count). The first-order valence-corrected chi connectivity index (χ1v) is 18.8. The van der Waals surface area contributed by atoms with Crippen molar-refractivity contribution in [1.82, 2.24) is 9.97 Å². The summed E-state index contributed by atoms with van der Waals surface area (Å²) < 4.78 is 1.34. The second-order valence-corrected chi connectivity index (χ2v) is 16.2. The van der Waals surface area contributed by atoms with Crippen LogP contribution >= 0.6 is 11.3 Å². The zero-order chi connectivity index (χ0) is 35.7. The minimum Gasteiger partial charge on any atom is -0.512 e. The van der Waals surface area contributed by atoms with Gasteiger partial charge in [-0.2, -0.15) is 0 Å². The molecule has 2 aromatic heterocycles. The fourth-order valence-electron chi connectivity index (χ4n) is 6.89. The first kappa shape index (κ1) is 39.6. The second-order valence-electron chi connectivity index (χ2n) is 15.2. The molecule has 1 radical (unpaired) electrons. The smallest absolute Gasteiger partial charge is 0.164 e. The molecule has 1 aliphatic rings. The van der Waals surface area contributed by atoms with Gasteiger partial charge in [0.05, 0.1) is 11.3 Å². The Morgan fingerprint density at radius 2 is 1.64 bits per heavy atom. The van der Waals surface area contributed by atoms with Crippen molar-refractivity contribution < 1.29 is 30.0 Å². The van der Waals surface area contributed by atoms with Crippen LogP contribution in [-0.4, -0.2) is 20.9 Å². The fraction of sp³-hybridized carbons (Fsp3) is 0.432. The van der Waals surface area contributed by atoms with Crippen molar-refractivity contribution in [1.29, 1.82) is 0 Å². The van der Waals surface area contributed by atoms with Crippen LogP contribution in [0.1, 0.15) is 112 Å². The van der Waals surface area contributed by atoms with E-state index in [0.717, 1.165) is 54.4 Å². The number of rotatable bonds is 10. The summed E-state index contributed by atoms with van der Waals surface area (Å²) in [5, 5.41) is 12.6. The van der Waals surface area contributed by atoms with E-state index in [2.05, 4.69) is 82.3 Å². The van der Waals surface area contributed by atoms with Gasteiger partial charge in [0.1, 0.15) is 5.76 Å². The van der Waals surface area contributed by atoms with Crippen molar-refractivity contribution in [2.75, 3.05) is 0 Å². The van der Waals surface area contributed by atoms with Crippen LogP contribution in [0.2, 0.25) is 0 Å². The first-order valence-electron chi connectivity index (χ1n) is 18.0. The van der Waals surface area contributed by atoms with Crippen LogP contribution in [0.5, 0.6) is 0 Å². The number of thiophene rings is 1. The Morgan fingerprint density at radius 3 is 2.28 bits per heavy atom. The zero-order valence-electron chi connectivity index (χ0n) is 31.5. The molecule has 1 aliphatic carbocycles. The van der Waals surface area contributed by atoms with E-state index in [1.54, 1.807) is 0 Å². The topological polar surface area (TPSA) is 63.1 Å². The molecule has 0 spiro atoms. The SMILES string of the molecule is CC(C)Cc1ccc2nc(-c3[c-]ccc4c3-c3sc5ccccc5c3C4(C)C)ncc2c1.CCC(C)(CC)C(=O)/C=C(\O)C(C)(CC)CC.[Ir]. The average molecular weight is 866 g/mol. The van der Waals surface area contributed by atoms with Crippen LogP contribution in [0.25, 0.3) is 42.8 Å². The van der Waals surface area contributed by atoms with Crippen LogP contribution < -0.4 is 0 Å². The summed E-state index contributed by atoms with van der Waals surface area (Å²) in [5.41, 5.74) is 6.70. The van der Waals surface area contributed by atoms with E-state index in [1.165, 1.54) is 43.3 Å². The third kappa shape index (κ3) is 7.40. The Morgan fingerprint density at radius 1 is 0.980 bits per heavy atom. The molecule has 0 unspecified atom stereocenters. The van der Waals surface area contributed by atoms with E-state index < -0.39 is 0 Å². The molecule has 6 heteroatoms. The molecule has 0 fully saturated rings. The first-order chi connectivity index (χ1) is 23.2. The number of fused-ring (bicyclic) bond motifs is 6. The number of nitrogens with zero attached hydrogens (tertiary/aromatic N) is 2. The number of hydrogen-bond acceptors (Lipinski definition) is 5. The molecular weight excluding hydrogens is 813 g/mol. The second kappa shape index (κ2) is 15.6. The molecule has 50 heavy (non-hydrogen) atoms. The van der Waals surface area contributed by atoms with Crippen molar-refractivity contribution >= 4 is 38.1 Å². The molecule has 0 amide bonds. The molecule has 2 heterocycles. The average Bonchev–Trinajstić information content (AvgIpc) is 3.60. The summed E-state index contributed by atoms with van der Waals surface area (Å²) in [6.45, 7) is 21.2. The zero-order valence-corrected chi connectivity index (χ0v) is 34.7. The minimum absolute atomic E-state index is 0. The van der Waals surface area contributed by atoms with Gasteiger partial charge in [0, 0.05) is 53.3 Å². The molecule has 0 bridgehead atoms. The summed E-state index contributed by atoms with van der Waals surface area (Å²) in [6.07, 6.45) is 7.80. The van der Waals surface area contributed by atoms with Gasteiger partial charge in [-0.1, -0.05) is 105 Å². The van der Waals surface area contributed by atoms with Gasteiger partial charge in [0.15, 0.2) is 5.78 Å². The van der Waals surface area contributed by atoms with Crippen LogP contribution in [-0.2, 0) is 36.7 Å². The predicted octanol–water partition coefficient (Wildman–Crippen LogP) is 12.5. The molecular formula is C44H53IrN2O2S-. The largest absolute Gasteiger partial charge is 0.512 e. The number of carbonyl (C=O) groups excluding carboxylic acids is 1. The molecule has 4 nitrogen and oxygen atoms in total. The van der Waals surface area contributed by atoms with Crippen LogP contribution in [0.3, 0.4) is 0 Å². The maximum atomic E-state index is 12.2. The molecule has 0 aliphatic heterocycles. The number of aliphatic hydroxyl groups is 1. The van der Waals surface area contributed by atoms with Gasteiger partial charge in [0.2, 0.25) is 0 Å². The quantitative estimate of drug-likeness (QED) is 0.0863. The number of benzene rings is 3. The Balaban J connectivity index is 0.000000269. The molecule has 0 atom stereocenters. The number of allylic oxidation sites excluding steroid dienone is 2. The van der Waals surface area contributed by atoms with Crippen molar-refractivity contribution in [3.05, 3.63) is 95.4 Å². The van der Waals surface area contributed by atoms with E-state index in [4.69, 9.17) is 9.97 Å². The van der Waals surface area contributed by atoms with Gasteiger partial charge in [-0.15, -0.1) is 35.1 Å². The van der Waals surface area contributed by atoms with Crippen LogP contribution in [0.15, 0.2) is 72.6 Å². The van der Waals surface area contributed by atoms with Gasteiger partial charge in [-0.25, -0.2) is 0 Å². The molecule has 267 valence electrons. The molecule has 0 saturated heterocycles. The van der Waals surface area contributed by atoms with Crippen molar-refractivity contribution in [2.24, 2.45) is 16.7 Å². The summed E-state index contributed by atoms with van der Waals surface area (Å²) in [6, 6.07) is 23.1. The monoisotopic (exact) mass is 866 g/mol. The van der Waals surface area contributed by atoms with Gasteiger partial charge in [0.25, 0.3) is 0 Å². The van der Waals surface area contributed by atoms with E-state index in [9.17, 15) is 9.90 Å². The fourth-order valence-corrected chi connectivity index (χ4v) is 8.32. The Kier molecular flexibility index (Phi) is 12.4. The third-order valence-electron chi connectivity index (χ3n) is 11.2. The Bertz CT molecular complexity index is 2010. The number of aromatic nitrogens is 2. The molecule has 3 aromatic carbocycles. The maximum absolute atomic E-state index is 12.2. The normalized spacial score (nSPS) is 13.9. The number of ketones is 1. The van der Waals surface area contributed by atoms with Crippen LogP contribution in [0.4, 0.5) is 0 Å². The Labute approximate surface area is 317 Å². The van der Waals surface area contributed by atoms with Crippen molar-refractivity contribution in [2.45, 2.75) is 107 Å². The number of aliphatic hydroxyl groups excluding tert-OH is 1. The minimum atomic E-state index is -0.337. The van der Waals surface area contributed by atoms with Crippen molar-refractivity contribution in [3.8, 4) is 21.8 Å². The molecule has 5 aromatic rings. The van der Waals surface area contributed by atoms with Crippen LogP contribution in [0, 0.1) is 22.8 Å². The number of carbonyl (C=O) groups is 1. The van der Waals surface area contributed by atoms with E-state index >= 15 is 0 Å². The van der Waals surface area contributed by atoms with Gasteiger partial charge < -0.3 is 5.11 Å². The van der Waals surface area contributed by atoms with E-state index in [0.29, 0.717) is 5.92 Å².